The summed E-state index contributed by atoms with van der Waals surface area (Å²) < 4.78 is 0. The van der Waals surface area contributed by atoms with Gasteiger partial charge >= 0.3 is 0 Å². The lowest BCUT2D eigenvalue weighted by atomic mass is 9.67. The molecule has 218 valence electrons. The van der Waals surface area contributed by atoms with Crippen molar-refractivity contribution in [2.75, 3.05) is 0 Å². The van der Waals surface area contributed by atoms with E-state index in [0.29, 0.717) is 0 Å². The van der Waals surface area contributed by atoms with Gasteiger partial charge in [-0.15, -0.1) is 0 Å². The minimum atomic E-state index is -0.575. The zero-order chi connectivity index (χ0) is 31.0. The fourth-order valence-electron chi connectivity index (χ4n) is 8.12. The van der Waals surface area contributed by atoms with E-state index < -0.39 is 5.41 Å². The van der Waals surface area contributed by atoms with Crippen LogP contribution in [0.3, 0.4) is 0 Å². The molecule has 2 heterocycles. The van der Waals surface area contributed by atoms with Gasteiger partial charge in [-0.05, 0) is 45.3 Å². The number of aromatic nitrogens is 2. The van der Waals surface area contributed by atoms with Crippen LogP contribution in [0, 0.1) is 0 Å². The van der Waals surface area contributed by atoms with Gasteiger partial charge in [0.15, 0.2) is 0 Å². The van der Waals surface area contributed by atoms with Crippen molar-refractivity contribution >= 4 is 43.5 Å². The largest absolute Gasteiger partial charge is 0.247 e. The van der Waals surface area contributed by atoms with Gasteiger partial charge in [-0.3, -0.25) is 0 Å². The van der Waals surface area contributed by atoms with Crippen LogP contribution in [0.1, 0.15) is 22.3 Å². The van der Waals surface area contributed by atoms with Crippen LogP contribution in [-0.4, -0.2) is 9.97 Å². The number of hydrogen-bond donors (Lipinski definition) is 0. The molecule has 1 aliphatic carbocycles. The maximum atomic E-state index is 5.66. The van der Waals surface area contributed by atoms with E-state index >= 15 is 0 Å². The van der Waals surface area contributed by atoms with E-state index in [1.165, 1.54) is 38.8 Å². The molecule has 0 fully saturated rings. The molecule has 0 spiro atoms. The van der Waals surface area contributed by atoms with E-state index in [0.717, 1.165) is 49.4 Å². The van der Waals surface area contributed by atoms with Gasteiger partial charge in [0.1, 0.15) is 0 Å². The third-order valence-electron chi connectivity index (χ3n) is 10.1. The monoisotopic (exact) mass is 596 g/mol. The zero-order valence-electron chi connectivity index (χ0n) is 25.6. The number of hydrogen-bond acceptors (Lipinski definition) is 2. The minimum Gasteiger partial charge on any atom is -0.247 e. The highest BCUT2D eigenvalue weighted by Gasteiger charge is 2.48. The van der Waals surface area contributed by atoms with Crippen molar-refractivity contribution < 1.29 is 0 Å². The SMILES string of the molecule is c1ccc(-c2c3ccccc3nc3c4c(ccc23)C(c2ccccc2)(c2ccccc2)c2cc3ccc5ccccc5c3nc2-4)cc1. The maximum absolute atomic E-state index is 5.66. The summed E-state index contributed by atoms with van der Waals surface area (Å²) >= 11 is 0. The van der Waals surface area contributed by atoms with Gasteiger partial charge in [0.2, 0.25) is 0 Å². The Morgan fingerprint density at radius 1 is 0.383 bits per heavy atom. The highest BCUT2D eigenvalue weighted by molar-refractivity contribution is 6.15. The third-order valence-corrected chi connectivity index (χ3v) is 10.1. The van der Waals surface area contributed by atoms with Crippen LogP contribution in [0.2, 0.25) is 0 Å². The molecule has 0 amide bonds. The van der Waals surface area contributed by atoms with Gasteiger partial charge in [0.25, 0.3) is 0 Å². The molecule has 0 N–H and O–H groups in total. The predicted octanol–water partition coefficient (Wildman–Crippen LogP) is 11.1. The molecular weight excluding hydrogens is 569 g/mol. The van der Waals surface area contributed by atoms with Crippen molar-refractivity contribution in [3.8, 4) is 22.4 Å². The quantitative estimate of drug-likeness (QED) is 0.150. The highest BCUT2D eigenvalue weighted by Crippen LogP contribution is 2.58. The highest BCUT2D eigenvalue weighted by atomic mass is 14.8. The first-order chi connectivity index (χ1) is 23.3. The lowest BCUT2D eigenvalue weighted by molar-refractivity contribution is 0.768. The second kappa shape index (κ2) is 9.94. The molecule has 0 bridgehead atoms. The van der Waals surface area contributed by atoms with Crippen LogP contribution in [0.5, 0.6) is 0 Å². The van der Waals surface area contributed by atoms with E-state index in [1.54, 1.807) is 0 Å². The van der Waals surface area contributed by atoms with Crippen LogP contribution in [0.4, 0.5) is 0 Å². The summed E-state index contributed by atoms with van der Waals surface area (Å²) in [5.74, 6) is 0. The smallest absolute Gasteiger partial charge is 0.0813 e. The van der Waals surface area contributed by atoms with Crippen LogP contribution < -0.4 is 0 Å². The molecular formula is C45H28N2. The Bertz CT molecular complexity index is 2620. The Kier molecular flexibility index (Phi) is 5.53. The summed E-state index contributed by atoms with van der Waals surface area (Å²) in [5, 5.41) is 5.78. The summed E-state index contributed by atoms with van der Waals surface area (Å²) in [6.07, 6.45) is 0. The first-order valence-corrected chi connectivity index (χ1v) is 16.2. The molecule has 2 nitrogen and oxygen atoms in total. The number of para-hydroxylation sites is 1. The summed E-state index contributed by atoms with van der Waals surface area (Å²) in [7, 11) is 0. The standard InChI is InChI=1S/C45H28N2/c1-4-15-30(16-5-1)40-35-22-12-13-23-39(35)46-43-36(40)26-27-37-41(43)44-38(28-31-25-24-29-14-10-11-21-34(29)42(31)47-44)45(37,32-17-6-2-7-18-32)33-19-8-3-9-20-33/h1-28H. The van der Waals surface area contributed by atoms with E-state index in [4.69, 9.17) is 9.97 Å². The molecule has 0 atom stereocenters. The summed E-state index contributed by atoms with van der Waals surface area (Å²) in [4.78, 5) is 11.2. The number of benzene rings is 7. The Hall–Kier alpha value is -6.12. The van der Waals surface area contributed by atoms with Crippen molar-refractivity contribution in [1.29, 1.82) is 0 Å². The van der Waals surface area contributed by atoms with Gasteiger partial charge in [-0.1, -0.05) is 158 Å². The number of pyridine rings is 2. The van der Waals surface area contributed by atoms with Gasteiger partial charge in [-0.25, -0.2) is 9.97 Å². The molecule has 0 aliphatic heterocycles. The second-order valence-corrected chi connectivity index (χ2v) is 12.5. The molecule has 2 heteroatoms. The summed E-state index contributed by atoms with van der Waals surface area (Å²) in [5.41, 5.74) is 11.8. The molecule has 0 saturated carbocycles. The van der Waals surface area contributed by atoms with Gasteiger partial charge in [-0.2, -0.15) is 0 Å². The first kappa shape index (κ1) is 26.1. The number of fused-ring (bicyclic) bond motifs is 9. The number of rotatable bonds is 3. The maximum Gasteiger partial charge on any atom is 0.0813 e. The second-order valence-electron chi connectivity index (χ2n) is 12.5. The molecule has 0 radical (unpaired) electrons. The van der Waals surface area contributed by atoms with Crippen molar-refractivity contribution in [3.05, 3.63) is 192 Å². The molecule has 10 rings (SSSR count). The Morgan fingerprint density at radius 3 is 1.74 bits per heavy atom. The van der Waals surface area contributed by atoms with Crippen molar-refractivity contribution in [1.82, 2.24) is 9.97 Å². The van der Waals surface area contributed by atoms with Crippen LogP contribution >= 0.6 is 0 Å². The average Bonchev–Trinajstić information content (AvgIpc) is 3.44. The topological polar surface area (TPSA) is 25.8 Å². The lowest BCUT2D eigenvalue weighted by Crippen LogP contribution is -2.28. The Balaban J connectivity index is 1.45. The molecule has 47 heavy (non-hydrogen) atoms. The fourth-order valence-corrected chi connectivity index (χ4v) is 8.12. The Morgan fingerprint density at radius 2 is 1.00 bits per heavy atom. The Labute approximate surface area is 272 Å². The van der Waals surface area contributed by atoms with E-state index in [-0.39, 0.29) is 0 Å². The molecule has 2 aromatic heterocycles. The van der Waals surface area contributed by atoms with Gasteiger partial charge in [0.05, 0.1) is 27.7 Å². The molecule has 7 aromatic carbocycles. The van der Waals surface area contributed by atoms with E-state index in [2.05, 4.69) is 170 Å². The fraction of sp³-hybridized carbons (Fsp3) is 0.0222. The van der Waals surface area contributed by atoms with Crippen molar-refractivity contribution in [3.63, 3.8) is 0 Å². The summed E-state index contributed by atoms with van der Waals surface area (Å²) in [6, 6.07) is 61.2. The van der Waals surface area contributed by atoms with E-state index in [9.17, 15) is 0 Å². The molecule has 0 saturated heterocycles. The predicted molar refractivity (Wildman–Crippen MR) is 195 cm³/mol. The van der Waals surface area contributed by atoms with Crippen molar-refractivity contribution in [2.45, 2.75) is 5.41 Å². The average molecular weight is 597 g/mol. The number of nitrogens with zero attached hydrogens (tertiary/aromatic N) is 2. The van der Waals surface area contributed by atoms with Gasteiger partial charge in [0, 0.05) is 32.7 Å². The minimum absolute atomic E-state index is 0.575. The summed E-state index contributed by atoms with van der Waals surface area (Å²) in [6.45, 7) is 0. The van der Waals surface area contributed by atoms with Crippen LogP contribution in [-0.2, 0) is 5.41 Å². The van der Waals surface area contributed by atoms with Gasteiger partial charge < -0.3 is 0 Å². The molecule has 9 aromatic rings. The van der Waals surface area contributed by atoms with Crippen LogP contribution in [0.25, 0.3) is 65.9 Å². The third kappa shape index (κ3) is 3.61. The first-order valence-electron chi connectivity index (χ1n) is 16.2. The zero-order valence-corrected chi connectivity index (χ0v) is 25.6. The van der Waals surface area contributed by atoms with Crippen LogP contribution in [0.15, 0.2) is 170 Å². The lowest BCUT2D eigenvalue weighted by Gasteiger charge is -2.33. The van der Waals surface area contributed by atoms with Crippen molar-refractivity contribution in [2.24, 2.45) is 0 Å². The molecule has 1 aliphatic rings. The normalized spacial score (nSPS) is 13.3. The van der Waals surface area contributed by atoms with E-state index in [1.807, 2.05) is 0 Å². The molecule has 0 unspecified atom stereocenters.